The van der Waals surface area contributed by atoms with Crippen LogP contribution in [0.4, 0.5) is 0 Å². The molecule has 1 aliphatic heterocycles. The van der Waals surface area contributed by atoms with Crippen molar-refractivity contribution in [1.82, 2.24) is 20.4 Å². The summed E-state index contributed by atoms with van der Waals surface area (Å²) in [7, 11) is 0. The summed E-state index contributed by atoms with van der Waals surface area (Å²) in [5, 5.41) is 10.8. The van der Waals surface area contributed by atoms with Crippen LogP contribution in [0.3, 0.4) is 0 Å². The molecule has 1 saturated heterocycles. The maximum Gasteiger partial charge on any atom is 0.254 e. The number of halogens is 1. The maximum atomic E-state index is 12.3. The number of rotatable bonds is 4. The van der Waals surface area contributed by atoms with Crippen molar-refractivity contribution in [2.45, 2.75) is 58.5 Å². The fourth-order valence-electron chi connectivity index (χ4n) is 2.72. The van der Waals surface area contributed by atoms with Crippen LogP contribution in [0.2, 0.25) is 0 Å². The highest BCUT2D eigenvalue weighted by atomic mass is 35.5. The standard InChI is InChI=1S/C15H26N4O.ClH/c1-5-13-12(10-18-19(13)15(2,3)4)14(20)17-9-11-7-6-8-16-11;/h10-11,16H,5-9H2,1-4H3,(H,17,20);1H. The predicted molar refractivity (Wildman–Crippen MR) is 87.2 cm³/mol. The highest BCUT2D eigenvalue weighted by Gasteiger charge is 2.23. The Bertz CT molecular complexity index is 473. The molecule has 1 unspecified atom stereocenters. The van der Waals surface area contributed by atoms with Crippen LogP contribution in [-0.2, 0) is 12.0 Å². The Morgan fingerprint density at radius 1 is 1.52 bits per heavy atom. The van der Waals surface area contributed by atoms with Gasteiger partial charge in [0, 0.05) is 12.6 Å². The number of carbonyl (C=O) groups excluding carboxylic acids is 1. The molecule has 6 heteroatoms. The molecule has 5 nitrogen and oxygen atoms in total. The van der Waals surface area contributed by atoms with E-state index in [-0.39, 0.29) is 23.9 Å². The topological polar surface area (TPSA) is 59.0 Å². The first-order valence-electron chi connectivity index (χ1n) is 7.52. The summed E-state index contributed by atoms with van der Waals surface area (Å²) in [6.45, 7) is 10.1. The van der Waals surface area contributed by atoms with Crippen LogP contribution in [0.5, 0.6) is 0 Å². The average Bonchev–Trinajstić information content (AvgIpc) is 3.03. The zero-order valence-corrected chi connectivity index (χ0v) is 14.2. The van der Waals surface area contributed by atoms with Crippen molar-refractivity contribution < 1.29 is 4.79 Å². The van der Waals surface area contributed by atoms with Gasteiger partial charge in [-0.3, -0.25) is 9.48 Å². The summed E-state index contributed by atoms with van der Waals surface area (Å²) in [6.07, 6.45) is 4.84. The fraction of sp³-hybridized carbons (Fsp3) is 0.733. The van der Waals surface area contributed by atoms with E-state index in [2.05, 4.69) is 43.4 Å². The summed E-state index contributed by atoms with van der Waals surface area (Å²) >= 11 is 0. The van der Waals surface area contributed by atoms with Crippen molar-refractivity contribution in [1.29, 1.82) is 0 Å². The summed E-state index contributed by atoms with van der Waals surface area (Å²) < 4.78 is 1.95. The normalized spacial score (nSPS) is 18.4. The lowest BCUT2D eigenvalue weighted by molar-refractivity contribution is 0.0949. The number of carbonyl (C=O) groups is 1. The molecule has 1 aromatic heterocycles. The summed E-state index contributed by atoms with van der Waals surface area (Å²) in [5.74, 6) is -0.00829. The van der Waals surface area contributed by atoms with E-state index in [1.807, 2.05) is 4.68 Å². The molecule has 2 heterocycles. The zero-order chi connectivity index (χ0) is 14.8. The maximum absolute atomic E-state index is 12.3. The lowest BCUT2D eigenvalue weighted by Gasteiger charge is -2.22. The Kier molecular flexibility index (Phi) is 6.23. The predicted octanol–water partition coefficient (Wildman–Crippen LogP) is 2.10. The molecule has 0 spiro atoms. The summed E-state index contributed by atoms with van der Waals surface area (Å²) in [6, 6.07) is 0.418. The van der Waals surface area contributed by atoms with Gasteiger partial charge in [0.1, 0.15) is 0 Å². The van der Waals surface area contributed by atoms with E-state index in [4.69, 9.17) is 0 Å². The van der Waals surface area contributed by atoms with Gasteiger partial charge in [-0.1, -0.05) is 6.92 Å². The molecular formula is C15H27ClN4O. The van der Waals surface area contributed by atoms with Crippen molar-refractivity contribution in [3.05, 3.63) is 17.5 Å². The Morgan fingerprint density at radius 2 is 2.24 bits per heavy atom. The van der Waals surface area contributed by atoms with E-state index in [0.717, 1.165) is 25.1 Å². The van der Waals surface area contributed by atoms with Gasteiger partial charge in [0.05, 0.1) is 23.0 Å². The molecule has 0 aliphatic carbocycles. The molecule has 0 saturated carbocycles. The summed E-state index contributed by atoms with van der Waals surface area (Å²) in [4.78, 5) is 12.3. The highest BCUT2D eigenvalue weighted by molar-refractivity contribution is 5.95. The molecule has 0 bridgehead atoms. The molecule has 1 amide bonds. The van der Waals surface area contributed by atoms with Gasteiger partial charge in [-0.05, 0) is 46.6 Å². The van der Waals surface area contributed by atoms with Crippen LogP contribution in [-0.4, -0.2) is 34.8 Å². The number of hydrogen-bond acceptors (Lipinski definition) is 3. The lowest BCUT2D eigenvalue weighted by Crippen LogP contribution is -2.37. The van der Waals surface area contributed by atoms with E-state index in [1.165, 1.54) is 6.42 Å². The van der Waals surface area contributed by atoms with E-state index < -0.39 is 0 Å². The van der Waals surface area contributed by atoms with Crippen molar-refractivity contribution >= 4 is 18.3 Å². The van der Waals surface area contributed by atoms with E-state index in [9.17, 15) is 4.79 Å². The van der Waals surface area contributed by atoms with E-state index in [1.54, 1.807) is 6.20 Å². The number of aromatic nitrogens is 2. The van der Waals surface area contributed by atoms with Gasteiger partial charge in [0.15, 0.2) is 0 Å². The molecule has 1 atom stereocenters. The largest absolute Gasteiger partial charge is 0.350 e. The van der Waals surface area contributed by atoms with Crippen LogP contribution in [0, 0.1) is 0 Å². The van der Waals surface area contributed by atoms with Gasteiger partial charge in [0.2, 0.25) is 0 Å². The van der Waals surface area contributed by atoms with Crippen molar-refractivity contribution in [3.63, 3.8) is 0 Å². The minimum absolute atomic E-state index is 0. The van der Waals surface area contributed by atoms with Gasteiger partial charge < -0.3 is 10.6 Å². The number of nitrogens with one attached hydrogen (secondary N) is 2. The Balaban J connectivity index is 0.00000220. The second-order valence-corrected chi connectivity index (χ2v) is 6.44. The third-order valence-corrected chi connectivity index (χ3v) is 3.76. The zero-order valence-electron chi connectivity index (χ0n) is 13.4. The van der Waals surface area contributed by atoms with Crippen LogP contribution in [0.15, 0.2) is 6.20 Å². The molecule has 1 aliphatic rings. The SMILES string of the molecule is CCc1c(C(=O)NCC2CCCN2)cnn1C(C)(C)C.Cl. The van der Waals surface area contributed by atoms with Gasteiger partial charge in [-0.15, -0.1) is 12.4 Å². The molecule has 2 N–H and O–H groups in total. The Labute approximate surface area is 133 Å². The number of nitrogens with zero attached hydrogens (tertiary/aromatic N) is 2. The number of hydrogen-bond donors (Lipinski definition) is 2. The quantitative estimate of drug-likeness (QED) is 0.895. The molecule has 1 fully saturated rings. The molecule has 2 rings (SSSR count). The van der Waals surface area contributed by atoms with Crippen LogP contribution >= 0.6 is 12.4 Å². The van der Waals surface area contributed by atoms with Gasteiger partial charge >= 0.3 is 0 Å². The van der Waals surface area contributed by atoms with Crippen LogP contribution in [0.1, 0.15) is 56.6 Å². The minimum Gasteiger partial charge on any atom is -0.350 e. The smallest absolute Gasteiger partial charge is 0.254 e. The molecule has 120 valence electrons. The Morgan fingerprint density at radius 3 is 2.76 bits per heavy atom. The van der Waals surface area contributed by atoms with E-state index >= 15 is 0 Å². The molecule has 0 aromatic carbocycles. The van der Waals surface area contributed by atoms with Crippen LogP contribution < -0.4 is 10.6 Å². The monoisotopic (exact) mass is 314 g/mol. The van der Waals surface area contributed by atoms with Crippen molar-refractivity contribution in [3.8, 4) is 0 Å². The van der Waals surface area contributed by atoms with Gasteiger partial charge in [0.25, 0.3) is 5.91 Å². The molecule has 21 heavy (non-hydrogen) atoms. The second kappa shape index (κ2) is 7.27. The second-order valence-electron chi connectivity index (χ2n) is 6.44. The molecule has 0 radical (unpaired) electrons. The van der Waals surface area contributed by atoms with Crippen LogP contribution in [0.25, 0.3) is 0 Å². The summed E-state index contributed by atoms with van der Waals surface area (Å²) in [5.41, 5.74) is 1.62. The first kappa shape index (κ1) is 18.0. The third kappa shape index (κ3) is 4.20. The van der Waals surface area contributed by atoms with Gasteiger partial charge in [-0.25, -0.2) is 0 Å². The Hall–Kier alpha value is -1.07. The fourth-order valence-corrected chi connectivity index (χ4v) is 2.72. The van der Waals surface area contributed by atoms with Gasteiger partial charge in [-0.2, -0.15) is 5.10 Å². The molecular weight excluding hydrogens is 288 g/mol. The third-order valence-electron chi connectivity index (χ3n) is 3.76. The average molecular weight is 315 g/mol. The minimum atomic E-state index is -0.100. The van der Waals surface area contributed by atoms with Crippen molar-refractivity contribution in [2.75, 3.05) is 13.1 Å². The number of amides is 1. The first-order chi connectivity index (χ1) is 9.43. The highest BCUT2D eigenvalue weighted by Crippen LogP contribution is 2.19. The first-order valence-corrected chi connectivity index (χ1v) is 7.52. The lowest BCUT2D eigenvalue weighted by atomic mass is 10.1. The van der Waals surface area contributed by atoms with Crippen molar-refractivity contribution in [2.24, 2.45) is 0 Å². The molecule has 1 aromatic rings. The van der Waals surface area contributed by atoms with E-state index in [0.29, 0.717) is 18.2 Å².